The molecule has 0 radical (unpaired) electrons. The van der Waals surface area contributed by atoms with E-state index in [0.29, 0.717) is 12.6 Å². The van der Waals surface area contributed by atoms with E-state index in [9.17, 15) is 0 Å². The van der Waals surface area contributed by atoms with Crippen LogP contribution in [0.5, 0.6) is 5.75 Å². The minimum Gasteiger partial charge on any atom is -0.487 e. The number of hydrogen-bond donors (Lipinski definition) is 1. The summed E-state index contributed by atoms with van der Waals surface area (Å²) in [6, 6.07) is 14.6. The molecule has 1 aromatic heterocycles. The van der Waals surface area contributed by atoms with Crippen molar-refractivity contribution in [3.63, 3.8) is 0 Å². The average Bonchev–Trinajstić information content (AvgIpc) is 2.48. The van der Waals surface area contributed by atoms with Crippen LogP contribution in [0.3, 0.4) is 0 Å². The molecule has 106 valence electrons. The zero-order valence-corrected chi connectivity index (χ0v) is 12.2. The molecule has 1 aromatic carbocycles. The van der Waals surface area contributed by atoms with Gasteiger partial charge in [-0.15, -0.1) is 0 Å². The molecular formula is C17H22N2O. The first-order valence-electron chi connectivity index (χ1n) is 7.13. The summed E-state index contributed by atoms with van der Waals surface area (Å²) in [6.45, 7) is 5.85. The fraction of sp³-hybridized carbons (Fsp3) is 0.353. The molecule has 3 nitrogen and oxygen atoms in total. The zero-order chi connectivity index (χ0) is 14.2. The number of nitrogens with zero attached hydrogens (tertiary/aromatic N) is 1. The predicted octanol–water partition coefficient (Wildman–Crippen LogP) is 3.20. The smallest absolute Gasteiger partial charge is 0.130 e. The van der Waals surface area contributed by atoms with Crippen molar-refractivity contribution in [1.29, 1.82) is 0 Å². The van der Waals surface area contributed by atoms with Crippen LogP contribution in [0.25, 0.3) is 0 Å². The zero-order valence-electron chi connectivity index (χ0n) is 12.2. The van der Waals surface area contributed by atoms with E-state index >= 15 is 0 Å². The maximum absolute atomic E-state index is 5.72. The number of aromatic nitrogens is 1. The van der Waals surface area contributed by atoms with Gasteiger partial charge in [0.15, 0.2) is 0 Å². The fourth-order valence-corrected chi connectivity index (χ4v) is 2.14. The summed E-state index contributed by atoms with van der Waals surface area (Å²) in [7, 11) is 0. The lowest BCUT2D eigenvalue weighted by Crippen LogP contribution is -2.27. The summed E-state index contributed by atoms with van der Waals surface area (Å²) in [5.74, 6) is 0.885. The largest absolute Gasteiger partial charge is 0.487 e. The molecule has 0 bridgehead atoms. The van der Waals surface area contributed by atoms with Crippen molar-refractivity contribution in [2.75, 3.05) is 6.54 Å². The molecule has 0 amide bonds. The van der Waals surface area contributed by atoms with Gasteiger partial charge in [0.05, 0.1) is 5.69 Å². The maximum atomic E-state index is 5.72. The molecule has 3 heteroatoms. The van der Waals surface area contributed by atoms with E-state index in [2.05, 4.69) is 36.3 Å². The monoisotopic (exact) mass is 270 g/mol. The van der Waals surface area contributed by atoms with Gasteiger partial charge in [-0.05, 0) is 49.7 Å². The van der Waals surface area contributed by atoms with E-state index in [-0.39, 0.29) is 0 Å². The number of ether oxygens (including phenoxy) is 1. The average molecular weight is 270 g/mol. The summed E-state index contributed by atoms with van der Waals surface area (Å²) < 4.78 is 5.72. The highest BCUT2D eigenvalue weighted by Crippen LogP contribution is 2.14. The Balaban J connectivity index is 1.85. The van der Waals surface area contributed by atoms with Crippen molar-refractivity contribution in [2.45, 2.75) is 32.9 Å². The van der Waals surface area contributed by atoms with E-state index < -0.39 is 0 Å². The van der Waals surface area contributed by atoms with Gasteiger partial charge in [0.25, 0.3) is 0 Å². The molecule has 2 aromatic rings. The lowest BCUT2D eigenvalue weighted by atomic mass is 10.1. The van der Waals surface area contributed by atoms with E-state index in [1.165, 1.54) is 5.56 Å². The Hall–Kier alpha value is -1.87. The molecular weight excluding hydrogens is 248 g/mol. The molecule has 1 heterocycles. The van der Waals surface area contributed by atoms with Crippen LogP contribution in [0.2, 0.25) is 0 Å². The molecule has 0 fully saturated rings. The second-order valence-corrected chi connectivity index (χ2v) is 4.92. The van der Waals surface area contributed by atoms with Crippen molar-refractivity contribution in [1.82, 2.24) is 10.3 Å². The number of hydrogen-bond acceptors (Lipinski definition) is 3. The lowest BCUT2D eigenvalue weighted by molar-refractivity contribution is 0.301. The third kappa shape index (κ3) is 4.67. The SMILES string of the molecule is CCNC(C)Cc1ccc(OCc2ccccn2)cc1. The van der Waals surface area contributed by atoms with Crippen LogP contribution in [0.1, 0.15) is 25.1 Å². The molecule has 1 atom stereocenters. The number of rotatable bonds is 7. The standard InChI is InChI=1S/C17H22N2O/c1-3-18-14(2)12-15-7-9-17(10-8-15)20-13-16-6-4-5-11-19-16/h4-11,14,18H,3,12-13H2,1-2H3. The highest BCUT2D eigenvalue weighted by Gasteiger charge is 2.02. The Morgan fingerprint density at radius 3 is 2.60 bits per heavy atom. The summed E-state index contributed by atoms with van der Waals surface area (Å²) in [4.78, 5) is 4.24. The van der Waals surface area contributed by atoms with Gasteiger partial charge < -0.3 is 10.1 Å². The second-order valence-electron chi connectivity index (χ2n) is 4.92. The van der Waals surface area contributed by atoms with Crippen molar-refractivity contribution in [3.05, 3.63) is 59.9 Å². The molecule has 0 saturated heterocycles. The van der Waals surface area contributed by atoms with Gasteiger partial charge in [-0.3, -0.25) is 4.98 Å². The van der Waals surface area contributed by atoms with Crippen molar-refractivity contribution >= 4 is 0 Å². The van der Waals surface area contributed by atoms with Crippen molar-refractivity contribution in [2.24, 2.45) is 0 Å². The van der Waals surface area contributed by atoms with E-state index in [1.54, 1.807) is 6.20 Å². The number of benzene rings is 1. The van der Waals surface area contributed by atoms with Gasteiger partial charge in [-0.25, -0.2) is 0 Å². The van der Waals surface area contributed by atoms with E-state index in [4.69, 9.17) is 4.74 Å². The fourth-order valence-electron chi connectivity index (χ4n) is 2.14. The van der Waals surface area contributed by atoms with E-state index in [1.807, 2.05) is 30.3 Å². The maximum Gasteiger partial charge on any atom is 0.130 e. The Kier molecular flexibility index (Phi) is 5.56. The number of nitrogens with one attached hydrogen (secondary N) is 1. The first kappa shape index (κ1) is 14.5. The molecule has 0 spiro atoms. The van der Waals surface area contributed by atoms with Crippen LogP contribution in [-0.4, -0.2) is 17.6 Å². The lowest BCUT2D eigenvalue weighted by Gasteiger charge is -2.12. The molecule has 1 unspecified atom stereocenters. The van der Waals surface area contributed by atoms with Crippen LogP contribution in [0.15, 0.2) is 48.7 Å². The molecule has 0 aliphatic carbocycles. The highest BCUT2D eigenvalue weighted by molar-refractivity contribution is 5.28. The Morgan fingerprint density at radius 1 is 1.15 bits per heavy atom. The van der Waals surface area contributed by atoms with Gasteiger partial charge in [0.1, 0.15) is 12.4 Å². The molecule has 0 saturated carbocycles. The molecule has 0 aliphatic heterocycles. The third-order valence-electron chi connectivity index (χ3n) is 3.13. The summed E-state index contributed by atoms with van der Waals surface area (Å²) in [6.07, 6.45) is 2.82. The van der Waals surface area contributed by atoms with Crippen molar-refractivity contribution < 1.29 is 4.74 Å². The van der Waals surface area contributed by atoms with Gasteiger partial charge >= 0.3 is 0 Å². The minimum absolute atomic E-state index is 0.500. The Bertz CT molecular complexity index is 496. The first-order chi connectivity index (χ1) is 9.78. The molecule has 0 aliphatic rings. The van der Waals surface area contributed by atoms with Crippen molar-refractivity contribution in [3.8, 4) is 5.75 Å². The Morgan fingerprint density at radius 2 is 1.95 bits per heavy atom. The third-order valence-corrected chi connectivity index (χ3v) is 3.13. The number of likely N-dealkylation sites (N-methyl/N-ethyl adjacent to an activating group) is 1. The summed E-state index contributed by atoms with van der Waals surface area (Å²) in [5, 5.41) is 3.42. The normalized spacial score (nSPS) is 12.1. The van der Waals surface area contributed by atoms with Gasteiger partial charge in [0, 0.05) is 12.2 Å². The van der Waals surface area contributed by atoms with Crippen LogP contribution in [-0.2, 0) is 13.0 Å². The quantitative estimate of drug-likeness (QED) is 0.839. The van der Waals surface area contributed by atoms with Crippen LogP contribution < -0.4 is 10.1 Å². The van der Waals surface area contributed by atoms with Crippen LogP contribution >= 0.6 is 0 Å². The van der Waals surface area contributed by atoms with Gasteiger partial charge in [-0.1, -0.05) is 25.1 Å². The first-order valence-corrected chi connectivity index (χ1v) is 7.13. The van der Waals surface area contributed by atoms with Gasteiger partial charge in [-0.2, -0.15) is 0 Å². The van der Waals surface area contributed by atoms with Gasteiger partial charge in [0.2, 0.25) is 0 Å². The highest BCUT2D eigenvalue weighted by atomic mass is 16.5. The summed E-state index contributed by atoms with van der Waals surface area (Å²) in [5.41, 5.74) is 2.26. The molecule has 20 heavy (non-hydrogen) atoms. The Labute approximate surface area is 121 Å². The van der Waals surface area contributed by atoms with Crippen LogP contribution in [0.4, 0.5) is 0 Å². The molecule has 2 rings (SSSR count). The van der Waals surface area contributed by atoms with E-state index in [0.717, 1.165) is 24.4 Å². The topological polar surface area (TPSA) is 34.1 Å². The predicted molar refractivity (Wildman–Crippen MR) is 81.9 cm³/mol. The summed E-state index contributed by atoms with van der Waals surface area (Å²) >= 11 is 0. The minimum atomic E-state index is 0.500. The van der Waals surface area contributed by atoms with Crippen LogP contribution in [0, 0.1) is 0 Å². The second kappa shape index (κ2) is 7.65. The molecule has 1 N–H and O–H groups in total. The number of pyridine rings is 1.